The van der Waals surface area contributed by atoms with E-state index in [0.717, 1.165) is 30.4 Å². The first kappa shape index (κ1) is 16.5. The summed E-state index contributed by atoms with van der Waals surface area (Å²) in [7, 11) is 0. The van der Waals surface area contributed by atoms with E-state index in [2.05, 4.69) is 0 Å². The second-order valence-electron chi connectivity index (χ2n) is 6.35. The molecule has 0 radical (unpaired) electrons. The van der Waals surface area contributed by atoms with Crippen LogP contribution in [0.25, 0.3) is 0 Å². The molecule has 0 atom stereocenters. The molecule has 4 nitrogen and oxygen atoms in total. The molecule has 1 aliphatic rings. The maximum Gasteiger partial charge on any atom is 0.410 e. The van der Waals surface area contributed by atoms with Gasteiger partial charge in [-0.05, 0) is 30.4 Å². The van der Waals surface area contributed by atoms with Gasteiger partial charge in [-0.1, -0.05) is 60.7 Å². The molecule has 1 fully saturated rings. The summed E-state index contributed by atoms with van der Waals surface area (Å²) in [5, 5.41) is 9.87. The Morgan fingerprint density at radius 1 is 1.00 bits per heavy atom. The molecule has 4 heteroatoms. The van der Waals surface area contributed by atoms with Gasteiger partial charge in [0.15, 0.2) is 0 Å². The van der Waals surface area contributed by atoms with Crippen LogP contribution >= 0.6 is 0 Å². The minimum absolute atomic E-state index is 0.0275. The highest BCUT2D eigenvalue weighted by molar-refractivity contribution is 5.69. The van der Waals surface area contributed by atoms with E-state index in [1.807, 2.05) is 60.7 Å². The van der Waals surface area contributed by atoms with Crippen molar-refractivity contribution in [2.45, 2.75) is 38.0 Å². The normalized spacial score (nSPS) is 15.4. The van der Waals surface area contributed by atoms with E-state index in [9.17, 15) is 9.90 Å². The maximum atomic E-state index is 12.7. The summed E-state index contributed by atoms with van der Waals surface area (Å²) < 4.78 is 5.52. The minimum atomic E-state index is -0.483. The summed E-state index contributed by atoms with van der Waals surface area (Å²) in [6.45, 7) is 0.668. The highest BCUT2D eigenvalue weighted by Gasteiger charge is 2.45. The Labute approximate surface area is 142 Å². The SMILES string of the molecule is O=C(OCc1ccccc1)N(Cc1ccccc1)C1(CO)CCC1. The van der Waals surface area contributed by atoms with Gasteiger partial charge in [0.25, 0.3) is 0 Å². The molecule has 0 aromatic heterocycles. The van der Waals surface area contributed by atoms with Crippen molar-refractivity contribution in [3.8, 4) is 0 Å². The number of aliphatic hydroxyl groups excluding tert-OH is 1. The average molecular weight is 325 g/mol. The number of ether oxygens (including phenoxy) is 1. The molecule has 0 spiro atoms. The zero-order valence-corrected chi connectivity index (χ0v) is 13.7. The number of hydrogen-bond acceptors (Lipinski definition) is 3. The first-order valence-electron chi connectivity index (χ1n) is 8.37. The van der Waals surface area contributed by atoms with Gasteiger partial charge in [-0.3, -0.25) is 4.90 Å². The van der Waals surface area contributed by atoms with E-state index in [0.29, 0.717) is 6.54 Å². The number of hydrogen-bond donors (Lipinski definition) is 1. The highest BCUT2D eigenvalue weighted by Crippen LogP contribution is 2.38. The Hall–Kier alpha value is -2.33. The van der Waals surface area contributed by atoms with Crippen molar-refractivity contribution in [2.75, 3.05) is 6.61 Å². The Bertz CT molecular complexity index is 648. The van der Waals surface area contributed by atoms with Crippen LogP contribution in [0.2, 0.25) is 0 Å². The van der Waals surface area contributed by atoms with Crippen molar-refractivity contribution in [1.82, 2.24) is 4.90 Å². The Kier molecular flexibility index (Phi) is 5.16. The van der Waals surface area contributed by atoms with Gasteiger partial charge in [-0.25, -0.2) is 4.79 Å². The topological polar surface area (TPSA) is 49.8 Å². The standard InChI is InChI=1S/C20H23NO3/c22-16-20(12-7-13-20)21(14-17-8-3-1-4-9-17)19(23)24-15-18-10-5-2-6-11-18/h1-6,8-11,22H,7,12-16H2. The third kappa shape index (κ3) is 3.60. The average Bonchev–Trinajstić information content (AvgIpc) is 2.60. The first-order chi connectivity index (χ1) is 11.7. The second kappa shape index (κ2) is 7.49. The van der Waals surface area contributed by atoms with Crippen molar-refractivity contribution in [3.05, 3.63) is 71.8 Å². The molecule has 2 aromatic carbocycles. The molecule has 24 heavy (non-hydrogen) atoms. The van der Waals surface area contributed by atoms with Gasteiger partial charge in [0, 0.05) is 6.54 Å². The van der Waals surface area contributed by atoms with Crippen LogP contribution < -0.4 is 0 Å². The lowest BCUT2D eigenvalue weighted by molar-refractivity contribution is -0.0330. The Balaban J connectivity index is 1.72. The minimum Gasteiger partial charge on any atom is -0.445 e. The summed E-state index contributed by atoms with van der Waals surface area (Å²) in [4.78, 5) is 14.4. The largest absolute Gasteiger partial charge is 0.445 e. The van der Waals surface area contributed by atoms with Crippen molar-refractivity contribution in [2.24, 2.45) is 0 Å². The Morgan fingerprint density at radius 3 is 2.08 bits per heavy atom. The third-order valence-electron chi connectivity index (χ3n) is 4.76. The zero-order chi connectivity index (χ0) is 16.8. The maximum absolute atomic E-state index is 12.7. The van der Waals surface area contributed by atoms with Gasteiger partial charge in [0.2, 0.25) is 0 Å². The first-order valence-corrected chi connectivity index (χ1v) is 8.37. The molecule has 3 rings (SSSR count). The van der Waals surface area contributed by atoms with Crippen LogP contribution in [0.1, 0.15) is 30.4 Å². The lowest BCUT2D eigenvalue weighted by Crippen LogP contribution is -2.58. The number of rotatable bonds is 6. The van der Waals surface area contributed by atoms with Crippen LogP contribution in [-0.4, -0.2) is 28.2 Å². The smallest absolute Gasteiger partial charge is 0.410 e. The van der Waals surface area contributed by atoms with Crippen LogP contribution in [0.3, 0.4) is 0 Å². The van der Waals surface area contributed by atoms with Crippen LogP contribution in [0.15, 0.2) is 60.7 Å². The molecule has 0 saturated heterocycles. The fourth-order valence-electron chi connectivity index (χ4n) is 3.09. The van der Waals surface area contributed by atoms with E-state index in [-0.39, 0.29) is 19.3 Å². The molecule has 0 heterocycles. The second-order valence-corrected chi connectivity index (χ2v) is 6.35. The lowest BCUT2D eigenvalue weighted by atomic mass is 9.76. The molecular formula is C20H23NO3. The van der Waals surface area contributed by atoms with Gasteiger partial charge in [-0.15, -0.1) is 0 Å². The number of carbonyl (C=O) groups excluding carboxylic acids is 1. The number of carbonyl (C=O) groups is 1. The quantitative estimate of drug-likeness (QED) is 0.880. The van der Waals surface area contributed by atoms with Gasteiger partial charge in [0.05, 0.1) is 12.1 Å². The van der Waals surface area contributed by atoms with E-state index in [1.165, 1.54) is 0 Å². The number of aliphatic hydroxyl groups is 1. The van der Waals surface area contributed by atoms with Crippen LogP contribution in [-0.2, 0) is 17.9 Å². The predicted molar refractivity (Wildman–Crippen MR) is 92.3 cm³/mol. The van der Waals surface area contributed by atoms with E-state index < -0.39 is 5.54 Å². The number of amides is 1. The molecule has 0 aliphatic heterocycles. The third-order valence-corrected chi connectivity index (χ3v) is 4.76. The molecular weight excluding hydrogens is 302 g/mol. The molecule has 0 bridgehead atoms. The van der Waals surface area contributed by atoms with Crippen molar-refractivity contribution < 1.29 is 14.6 Å². The van der Waals surface area contributed by atoms with Gasteiger partial charge in [0.1, 0.15) is 6.61 Å². The Morgan fingerprint density at radius 2 is 1.58 bits per heavy atom. The molecule has 126 valence electrons. The highest BCUT2D eigenvalue weighted by atomic mass is 16.6. The van der Waals surface area contributed by atoms with Crippen molar-refractivity contribution in [3.63, 3.8) is 0 Å². The fourth-order valence-corrected chi connectivity index (χ4v) is 3.09. The van der Waals surface area contributed by atoms with Crippen LogP contribution in [0.4, 0.5) is 4.79 Å². The lowest BCUT2D eigenvalue weighted by Gasteiger charge is -2.48. The summed E-state index contributed by atoms with van der Waals surface area (Å²) in [5.74, 6) is 0. The number of benzene rings is 2. The zero-order valence-electron chi connectivity index (χ0n) is 13.7. The van der Waals surface area contributed by atoms with Gasteiger partial charge in [-0.2, -0.15) is 0 Å². The van der Waals surface area contributed by atoms with Crippen molar-refractivity contribution >= 4 is 6.09 Å². The molecule has 2 aromatic rings. The summed E-state index contributed by atoms with van der Waals surface area (Å²) in [5.41, 5.74) is 1.51. The summed E-state index contributed by atoms with van der Waals surface area (Å²) in [6, 6.07) is 19.5. The van der Waals surface area contributed by atoms with Crippen LogP contribution in [0, 0.1) is 0 Å². The molecule has 0 unspecified atom stereocenters. The van der Waals surface area contributed by atoms with Gasteiger partial charge < -0.3 is 9.84 Å². The van der Waals surface area contributed by atoms with Crippen LogP contribution in [0.5, 0.6) is 0 Å². The molecule has 1 N–H and O–H groups in total. The monoisotopic (exact) mass is 325 g/mol. The molecule has 1 amide bonds. The number of nitrogens with zero attached hydrogens (tertiary/aromatic N) is 1. The van der Waals surface area contributed by atoms with Gasteiger partial charge >= 0.3 is 6.09 Å². The van der Waals surface area contributed by atoms with E-state index in [4.69, 9.17) is 4.74 Å². The molecule has 1 aliphatic carbocycles. The summed E-state index contributed by atoms with van der Waals surface area (Å²) >= 11 is 0. The summed E-state index contributed by atoms with van der Waals surface area (Å²) in [6.07, 6.45) is 2.29. The predicted octanol–water partition coefficient (Wildman–Crippen LogP) is 3.74. The fraction of sp³-hybridized carbons (Fsp3) is 0.350. The van der Waals surface area contributed by atoms with E-state index in [1.54, 1.807) is 4.90 Å². The van der Waals surface area contributed by atoms with E-state index >= 15 is 0 Å². The molecule has 1 saturated carbocycles. The van der Waals surface area contributed by atoms with Crippen molar-refractivity contribution in [1.29, 1.82) is 0 Å².